The van der Waals surface area contributed by atoms with Crippen LogP contribution in [-0.2, 0) is 24.3 Å². The lowest BCUT2D eigenvalue weighted by Gasteiger charge is -2.14. The van der Waals surface area contributed by atoms with Crippen LogP contribution in [0.2, 0.25) is 5.02 Å². The van der Waals surface area contributed by atoms with Crippen LogP contribution in [-0.4, -0.2) is 15.5 Å². The topological polar surface area (TPSA) is 64.0 Å². The van der Waals surface area contributed by atoms with Gasteiger partial charge in [0.15, 0.2) is 0 Å². The molecule has 5 nitrogen and oxygen atoms in total. The van der Waals surface area contributed by atoms with E-state index in [4.69, 9.17) is 11.6 Å². The van der Waals surface area contributed by atoms with E-state index in [0.29, 0.717) is 22.7 Å². The predicted octanol–water partition coefficient (Wildman–Crippen LogP) is 3.58. The van der Waals surface area contributed by atoms with Crippen LogP contribution in [0.25, 0.3) is 11.4 Å². The molecular formula is C21H19ClFN3O2. The number of benzene rings is 2. The van der Waals surface area contributed by atoms with E-state index in [1.54, 1.807) is 18.2 Å². The molecule has 0 unspecified atom stereocenters. The molecule has 0 saturated carbocycles. The maximum Gasteiger partial charge on any atom is 0.254 e. The molecule has 2 aromatic carbocycles. The largest absolute Gasteiger partial charge is 0.350 e. The first-order chi connectivity index (χ1) is 13.5. The Bertz CT molecular complexity index is 1070. The molecule has 0 fully saturated rings. The molecule has 0 aliphatic rings. The zero-order valence-corrected chi connectivity index (χ0v) is 16.0. The molecule has 0 spiro atoms. The molecule has 1 aromatic heterocycles. The van der Waals surface area contributed by atoms with Crippen molar-refractivity contribution in [2.24, 2.45) is 0 Å². The Labute approximate surface area is 166 Å². The van der Waals surface area contributed by atoms with Gasteiger partial charge in [-0.3, -0.25) is 14.2 Å². The van der Waals surface area contributed by atoms with Gasteiger partial charge in [0.2, 0.25) is 5.91 Å². The number of hydrogen-bond donors (Lipinski definition) is 1. The lowest BCUT2D eigenvalue weighted by atomic mass is 10.2. The highest BCUT2D eigenvalue weighted by molar-refractivity contribution is 6.31. The summed E-state index contributed by atoms with van der Waals surface area (Å²) in [6, 6.07) is 14.4. The molecule has 0 radical (unpaired) electrons. The van der Waals surface area contributed by atoms with E-state index in [1.165, 1.54) is 28.8 Å². The summed E-state index contributed by atoms with van der Waals surface area (Å²) < 4.78 is 14.9. The van der Waals surface area contributed by atoms with Crippen molar-refractivity contribution in [2.45, 2.75) is 26.4 Å². The van der Waals surface area contributed by atoms with E-state index in [9.17, 15) is 14.0 Å². The second kappa shape index (κ2) is 8.80. The smallest absolute Gasteiger partial charge is 0.254 e. The average molecular weight is 400 g/mol. The van der Waals surface area contributed by atoms with Gasteiger partial charge in [0, 0.05) is 28.9 Å². The first kappa shape index (κ1) is 19.8. The monoisotopic (exact) mass is 399 g/mol. The van der Waals surface area contributed by atoms with Crippen molar-refractivity contribution in [1.29, 1.82) is 0 Å². The molecule has 7 heteroatoms. The molecule has 144 valence electrons. The van der Waals surface area contributed by atoms with Crippen molar-refractivity contribution in [2.75, 3.05) is 0 Å². The summed E-state index contributed by atoms with van der Waals surface area (Å²) >= 11 is 6.09. The Balaban J connectivity index is 1.87. The second-order valence-corrected chi connectivity index (χ2v) is 6.63. The van der Waals surface area contributed by atoms with Gasteiger partial charge in [-0.25, -0.2) is 9.37 Å². The lowest BCUT2D eigenvalue weighted by molar-refractivity contribution is -0.121. The molecule has 0 bridgehead atoms. The number of rotatable bonds is 6. The van der Waals surface area contributed by atoms with Gasteiger partial charge in [0.1, 0.15) is 18.2 Å². The van der Waals surface area contributed by atoms with Crippen LogP contribution in [0.4, 0.5) is 4.39 Å². The van der Waals surface area contributed by atoms with Gasteiger partial charge in [0.05, 0.1) is 0 Å². The van der Waals surface area contributed by atoms with Crippen LogP contribution in [0.15, 0.2) is 59.4 Å². The fourth-order valence-electron chi connectivity index (χ4n) is 2.77. The molecule has 1 amide bonds. The van der Waals surface area contributed by atoms with E-state index < -0.39 is 5.82 Å². The van der Waals surface area contributed by atoms with Crippen LogP contribution in [0.5, 0.6) is 0 Å². The number of carbonyl (C=O) groups is 1. The zero-order chi connectivity index (χ0) is 20.1. The molecule has 3 rings (SSSR count). The maximum absolute atomic E-state index is 13.7. The Morgan fingerprint density at radius 2 is 1.96 bits per heavy atom. The second-order valence-electron chi connectivity index (χ2n) is 6.23. The lowest BCUT2D eigenvalue weighted by Crippen LogP contribution is -2.33. The van der Waals surface area contributed by atoms with Crippen LogP contribution in [0, 0.1) is 5.82 Å². The highest BCUT2D eigenvalue weighted by atomic mass is 35.5. The minimum Gasteiger partial charge on any atom is -0.350 e. The number of amides is 1. The first-order valence-electron chi connectivity index (χ1n) is 8.84. The van der Waals surface area contributed by atoms with Crippen molar-refractivity contribution in [1.82, 2.24) is 14.9 Å². The summed E-state index contributed by atoms with van der Waals surface area (Å²) in [6.07, 6.45) is 0.553. The van der Waals surface area contributed by atoms with Gasteiger partial charge >= 0.3 is 0 Å². The SMILES string of the molecule is CCc1cc(=O)n(CC(=O)NCc2ccccc2Cl)c(-c2cccc(F)c2)n1. The zero-order valence-electron chi connectivity index (χ0n) is 15.3. The molecule has 0 saturated heterocycles. The van der Waals surface area contributed by atoms with Gasteiger partial charge in [-0.15, -0.1) is 0 Å². The summed E-state index contributed by atoms with van der Waals surface area (Å²) in [7, 11) is 0. The summed E-state index contributed by atoms with van der Waals surface area (Å²) in [6.45, 7) is 1.88. The Kier molecular flexibility index (Phi) is 6.21. The van der Waals surface area contributed by atoms with Crippen molar-refractivity contribution in [3.8, 4) is 11.4 Å². The summed E-state index contributed by atoms with van der Waals surface area (Å²) in [5, 5.41) is 3.30. The summed E-state index contributed by atoms with van der Waals surface area (Å²) in [5.41, 5.74) is 1.43. The van der Waals surface area contributed by atoms with E-state index in [0.717, 1.165) is 5.56 Å². The number of aryl methyl sites for hydroxylation is 1. The molecule has 1 N–H and O–H groups in total. The number of aromatic nitrogens is 2. The van der Waals surface area contributed by atoms with Crippen molar-refractivity contribution >= 4 is 17.5 Å². The van der Waals surface area contributed by atoms with Gasteiger partial charge in [-0.2, -0.15) is 0 Å². The fourth-order valence-corrected chi connectivity index (χ4v) is 2.97. The third-order valence-corrected chi connectivity index (χ3v) is 4.61. The molecule has 0 atom stereocenters. The average Bonchev–Trinajstić information content (AvgIpc) is 2.68. The minimum atomic E-state index is -0.441. The van der Waals surface area contributed by atoms with Crippen LogP contribution in [0.1, 0.15) is 18.2 Å². The maximum atomic E-state index is 13.7. The summed E-state index contributed by atoms with van der Waals surface area (Å²) in [4.78, 5) is 29.5. The fraction of sp³-hybridized carbons (Fsp3) is 0.190. The highest BCUT2D eigenvalue weighted by Gasteiger charge is 2.14. The third-order valence-electron chi connectivity index (χ3n) is 4.24. The van der Waals surface area contributed by atoms with E-state index in [1.807, 2.05) is 19.1 Å². The van der Waals surface area contributed by atoms with Gasteiger partial charge < -0.3 is 5.32 Å². The van der Waals surface area contributed by atoms with Crippen LogP contribution in [0.3, 0.4) is 0 Å². The van der Waals surface area contributed by atoms with Crippen LogP contribution < -0.4 is 10.9 Å². The third kappa shape index (κ3) is 4.64. The number of nitrogens with one attached hydrogen (secondary N) is 1. The van der Waals surface area contributed by atoms with Crippen molar-refractivity contribution in [3.05, 3.63) is 87.0 Å². The molecule has 28 heavy (non-hydrogen) atoms. The number of carbonyl (C=O) groups excluding carboxylic acids is 1. The van der Waals surface area contributed by atoms with Gasteiger partial charge in [-0.1, -0.05) is 48.9 Å². The summed E-state index contributed by atoms with van der Waals surface area (Å²) in [5.74, 6) is -0.550. The number of hydrogen-bond acceptors (Lipinski definition) is 3. The van der Waals surface area contributed by atoms with E-state index in [2.05, 4.69) is 10.3 Å². The van der Waals surface area contributed by atoms with E-state index in [-0.39, 0.29) is 30.4 Å². The molecule has 3 aromatic rings. The standard InChI is InChI=1S/C21H19ClFN3O2/c1-2-17-11-20(28)26(21(25-17)14-7-5-8-16(23)10-14)13-19(27)24-12-15-6-3-4-9-18(15)22/h3-11H,2,12-13H2,1H3,(H,24,27). The molecule has 0 aliphatic carbocycles. The van der Waals surface area contributed by atoms with Gasteiger partial charge in [0.25, 0.3) is 5.56 Å². The van der Waals surface area contributed by atoms with Crippen molar-refractivity contribution < 1.29 is 9.18 Å². The molecule has 0 aliphatic heterocycles. The Morgan fingerprint density at radius 1 is 1.18 bits per heavy atom. The Hall–Kier alpha value is -2.99. The first-order valence-corrected chi connectivity index (χ1v) is 9.22. The number of halogens is 2. The number of nitrogens with zero attached hydrogens (tertiary/aromatic N) is 2. The quantitative estimate of drug-likeness (QED) is 0.689. The van der Waals surface area contributed by atoms with Crippen LogP contribution >= 0.6 is 11.6 Å². The minimum absolute atomic E-state index is 0.230. The van der Waals surface area contributed by atoms with Crippen molar-refractivity contribution in [3.63, 3.8) is 0 Å². The normalized spacial score (nSPS) is 10.7. The van der Waals surface area contributed by atoms with Gasteiger partial charge in [-0.05, 0) is 30.2 Å². The predicted molar refractivity (Wildman–Crippen MR) is 107 cm³/mol. The highest BCUT2D eigenvalue weighted by Crippen LogP contribution is 2.18. The Morgan fingerprint density at radius 3 is 2.68 bits per heavy atom. The molecular weight excluding hydrogens is 381 g/mol. The molecule has 1 heterocycles. The van der Waals surface area contributed by atoms with E-state index >= 15 is 0 Å².